The van der Waals surface area contributed by atoms with Crippen molar-refractivity contribution in [1.29, 1.82) is 0 Å². The van der Waals surface area contributed by atoms with E-state index in [0.717, 1.165) is 10.1 Å². The monoisotopic (exact) mass is 198 g/mol. The molecular formula is C8H6O2S2. The van der Waals surface area contributed by atoms with Crippen LogP contribution in [0.2, 0.25) is 0 Å². The van der Waals surface area contributed by atoms with Crippen LogP contribution < -0.4 is 0 Å². The van der Waals surface area contributed by atoms with Gasteiger partial charge in [-0.2, -0.15) is 0 Å². The Morgan fingerprint density at radius 1 is 1.25 bits per heavy atom. The van der Waals surface area contributed by atoms with E-state index < -0.39 is 0 Å². The Morgan fingerprint density at radius 3 is 2.75 bits per heavy atom. The summed E-state index contributed by atoms with van der Waals surface area (Å²) in [5.74, 6) is 0.190. The van der Waals surface area contributed by atoms with Gasteiger partial charge >= 0.3 is 0 Å². The minimum absolute atomic E-state index is 0.190. The Kier molecular flexibility index (Phi) is 1.66. The molecule has 0 spiro atoms. The van der Waals surface area contributed by atoms with E-state index >= 15 is 0 Å². The molecule has 0 saturated heterocycles. The van der Waals surface area contributed by atoms with Crippen molar-refractivity contribution in [3.05, 3.63) is 18.2 Å². The topological polar surface area (TPSA) is 40.5 Å². The first-order valence-electron chi connectivity index (χ1n) is 3.32. The molecule has 0 radical (unpaired) electrons. The van der Waals surface area contributed by atoms with Crippen molar-refractivity contribution in [1.82, 2.24) is 0 Å². The Morgan fingerprint density at radius 2 is 2.00 bits per heavy atom. The number of rotatable bonds is 0. The summed E-state index contributed by atoms with van der Waals surface area (Å²) < 4.78 is 0.926. The molecule has 1 aromatic carbocycles. The van der Waals surface area contributed by atoms with E-state index in [0.29, 0.717) is 4.90 Å². The average molecular weight is 198 g/mol. The van der Waals surface area contributed by atoms with Crippen LogP contribution in [0.3, 0.4) is 0 Å². The van der Waals surface area contributed by atoms with Crippen molar-refractivity contribution >= 4 is 34.1 Å². The van der Waals surface area contributed by atoms with Crippen molar-refractivity contribution in [2.45, 2.75) is 4.90 Å². The van der Waals surface area contributed by atoms with Crippen LogP contribution in [0.5, 0.6) is 10.8 Å². The lowest BCUT2D eigenvalue weighted by Gasteiger charge is -1.91. The van der Waals surface area contributed by atoms with Gasteiger partial charge in [-0.05, 0) is 18.2 Å². The molecule has 0 amide bonds. The van der Waals surface area contributed by atoms with Crippen molar-refractivity contribution in [2.24, 2.45) is 0 Å². The van der Waals surface area contributed by atoms with Crippen LogP contribution in [0.1, 0.15) is 0 Å². The van der Waals surface area contributed by atoms with E-state index in [1.165, 1.54) is 11.3 Å². The van der Waals surface area contributed by atoms with Crippen LogP contribution in [-0.2, 0) is 0 Å². The third-order valence-corrected chi connectivity index (χ3v) is 3.20. The van der Waals surface area contributed by atoms with Gasteiger partial charge in [0, 0.05) is 10.1 Å². The van der Waals surface area contributed by atoms with Gasteiger partial charge in [0.25, 0.3) is 0 Å². The second kappa shape index (κ2) is 2.57. The summed E-state index contributed by atoms with van der Waals surface area (Å²) in [6.07, 6.45) is 0. The zero-order valence-corrected chi connectivity index (χ0v) is 7.69. The number of fused-ring (bicyclic) bond motifs is 1. The lowest BCUT2D eigenvalue weighted by Crippen LogP contribution is -1.65. The van der Waals surface area contributed by atoms with E-state index in [4.69, 9.17) is 5.11 Å². The largest absolute Gasteiger partial charge is 0.508 e. The summed E-state index contributed by atoms with van der Waals surface area (Å²) >= 11 is 5.37. The van der Waals surface area contributed by atoms with Gasteiger partial charge < -0.3 is 10.2 Å². The lowest BCUT2D eigenvalue weighted by atomic mass is 10.2. The molecule has 1 aromatic heterocycles. The summed E-state index contributed by atoms with van der Waals surface area (Å²) in [5.41, 5.74) is 0. The Bertz CT molecular complexity index is 434. The van der Waals surface area contributed by atoms with E-state index in [1.807, 2.05) is 0 Å². The van der Waals surface area contributed by atoms with Crippen LogP contribution in [-0.4, -0.2) is 10.2 Å². The zero-order valence-electron chi connectivity index (χ0n) is 5.98. The standard InChI is InChI=1S/C8H6O2S2/c9-4-1-2-6-5(3-4)7(11)8(10)12-6/h1-3,9-11H. The fourth-order valence-corrected chi connectivity index (χ4v) is 2.28. The minimum Gasteiger partial charge on any atom is -0.508 e. The van der Waals surface area contributed by atoms with Crippen LogP contribution in [0.25, 0.3) is 10.1 Å². The quantitative estimate of drug-likeness (QED) is 0.569. The van der Waals surface area contributed by atoms with Crippen molar-refractivity contribution in [2.75, 3.05) is 0 Å². The Balaban J connectivity index is 2.88. The molecule has 2 rings (SSSR count). The molecule has 0 aliphatic rings. The Hall–Kier alpha value is -0.870. The number of benzene rings is 1. The van der Waals surface area contributed by atoms with Crippen LogP contribution in [0.15, 0.2) is 23.1 Å². The number of hydrogen-bond acceptors (Lipinski definition) is 4. The summed E-state index contributed by atoms with van der Waals surface area (Å²) in [5, 5.41) is 19.4. The second-order valence-electron chi connectivity index (χ2n) is 2.44. The summed E-state index contributed by atoms with van der Waals surface area (Å²) in [4.78, 5) is 0.533. The highest BCUT2D eigenvalue weighted by atomic mass is 32.1. The van der Waals surface area contributed by atoms with E-state index in [2.05, 4.69) is 12.6 Å². The molecule has 12 heavy (non-hydrogen) atoms. The molecule has 0 atom stereocenters. The molecule has 0 aliphatic heterocycles. The molecule has 0 fully saturated rings. The first kappa shape index (κ1) is 7.76. The second-order valence-corrected chi connectivity index (χ2v) is 3.91. The van der Waals surface area contributed by atoms with Gasteiger partial charge in [0.15, 0.2) is 5.06 Å². The number of thiol groups is 1. The molecule has 0 bridgehead atoms. The van der Waals surface area contributed by atoms with Gasteiger partial charge in [-0.3, -0.25) is 0 Å². The molecule has 4 heteroatoms. The van der Waals surface area contributed by atoms with Gasteiger partial charge in [0.1, 0.15) is 5.75 Å². The van der Waals surface area contributed by atoms with Gasteiger partial charge in [-0.15, -0.1) is 12.6 Å². The normalized spacial score (nSPS) is 10.8. The smallest absolute Gasteiger partial charge is 0.186 e. The fourth-order valence-electron chi connectivity index (χ4n) is 1.06. The summed E-state index contributed by atoms with van der Waals surface area (Å²) in [7, 11) is 0. The Labute approximate surface area is 78.5 Å². The van der Waals surface area contributed by atoms with Crippen molar-refractivity contribution in [3.8, 4) is 10.8 Å². The highest BCUT2D eigenvalue weighted by Crippen LogP contribution is 2.40. The first-order chi connectivity index (χ1) is 5.68. The molecular weight excluding hydrogens is 192 g/mol. The van der Waals surface area contributed by atoms with Crippen molar-refractivity contribution < 1.29 is 10.2 Å². The molecule has 0 unspecified atom stereocenters. The number of aromatic hydroxyl groups is 2. The number of hydrogen-bond donors (Lipinski definition) is 3. The fraction of sp³-hybridized carbons (Fsp3) is 0. The predicted octanol–water partition coefficient (Wildman–Crippen LogP) is 2.60. The van der Waals surface area contributed by atoms with E-state index in [1.54, 1.807) is 18.2 Å². The number of phenols is 1. The molecule has 1 heterocycles. The average Bonchev–Trinajstić information content (AvgIpc) is 2.31. The number of thiophene rings is 1. The molecule has 0 aliphatic carbocycles. The zero-order chi connectivity index (χ0) is 8.72. The minimum atomic E-state index is 0.190. The molecule has 0 saturated carbocycles. The van der Waals surface area contributed by atoms with Gasteiger partial charge in [-0.1, -0.05) is 11.3 Å². The molecule has 2 aromatic rings. The summed E-state index contributed by atoms with van der Waals surface area (Å²) in [6, 6.07) is 4.94. The van der Waals surface area contributed by atoms with Gasteiger partial charge in [-0.25, -0.2) is 0 Å². The van der Waals surface area contributed by atoms with Gasteiger partial charge in [0.05, 0.1) is 4.90 Å². The van der Waals surface area contributed by atoms with E-state index in [9.17, 15) is 5.11 Å². The molecule has 2 nitrogen and oxygen atoms in total. The molecule has 62 valence electrons. The maximum atomic E-state index is 9.29. The maximum Gasteiger partial charge on any atom is 0.186 e. The number of phenolic OH excluding ortho intramolecular Hbond substituents is 1. The van der Waals surface area contributed by atoms with Crippen LogP contribution in [0.4, 0.5) is 0 Å². The highest BCUT2D eigenvalue weighted by Gasteiger charge is 2.07. The predicted molar refractivity (Wildman–Crippen MR) is 52.4 cm³/mol. The lowest BCUT2D eigenvalue weighted by molar-refractivity contribution is 0.475. The maximum absolute atomic E-state index is 9.29. The SMILES string of the molecule is Oc1ccc2sc(O)c(S)c2c1. The van der Waals surface area contributed by atoms with Crippen LogP contribution in [0, 0.1) is 0 Å². The first-order valence-corrected chi connectivity index (χ1v) is 4.58. The molecule has 2 N–H and O–H groups in total. The third-order valence-electron chi connectivity index (χ3n) is 1.63. The summed E-state index contributed by atoms with van der Waals surface area (Å²) in [6.45, 7) is 0. The van der Waals surface area contributed by atoms with E-state index in [-0.39, 0.29) is 10.8 Å². The highest BCUT2D eigenvalue weighted by molar-refractivity contribution is 7.81. The van der Waals surface area contributed by atoms with Crippen LogP contribution >= 0.6 is 24.0 Å². The third kappa shape index (κ3) is 1.04. The van der Waals surface area contributed by atoms with Crippen molar-refractivity contribution in [3.63, 3.8) is 0 Å². The van der Waals surface area contributed by atoms with Gasteiger partial charge in [0.2, 0.25) is 0 Å².